The first-order valence-electron chi connectivity index (χ1n) is 8.78. The van der Waals surface area contributed by atoms with Crippen LogP contribution in [0.25, 0.3) is 0 Å². The largest absolute Gasteiger partial charge is 0.379 e. The van der Waals surface area contributed by atoms with Crippen LogP contribution in [0.5, 0.6) is 0 Å². The van der Waals surface area contributed by atoms with Gasteiger partial charge in [-0.25, -0.2) is 14.4 Å². The third-order valence-corrected chi connectivity index (χ3v) is 6.20. The molecule has 0 saturated carbocycles. The third-order valence-electron chi connectivity index (χ3n) is 4.44. The first kappa shape index (κ1) is 23.2. The van der Waals surface area contributed by atoms with Crippen molar-refractivity contribution in [1.82, 2.24) is 9.97 Å². The van der Waals surface area contributed by atoms with Crippen LogP contribution in [-0.2, 0) is 16.8 Å². The lowest BCUT2D eigenvalue weighted by molar-refractivity contribution is -0.116. The molecule has 0 radical (unpaired) electrons. The van der Waals surface area contributed by atoms with Crippen molar-refractivity contribution in [2.24, 2.45) is 10.7 Å². The number of carbonyl (C=O) groups is 1. The van der Waals surface area contributed by atoms with Crippen LogP contribution in [0.15, 0.2) is 34.3 Å². The van der Waals surface area contributed by atoms with Crippen molar-refractivity contribution < 1.29 is 9.18 Å². The molecule has 6 nitrogen and oxygen atoms in total. The SMILES string of the molecule is C.Cc1cc(SCC(=O)Cc2ccc(F)c([C@]3(C)CCSC(N)=N3)c2)nc(N)n1. The number of rotatable bonds is 6. The van der Waals surface area contributed by atoms with E-state index >= 15 is 0 Å². The molecule has 4 N–H and O–H groups in total. The minimum absolute atomic E-state index is 0. The average molecular weight is 436 g/mol. The van der Waals surface area contributed by atoms with Crippen LogP contribution in [0.1, 0.15) is 37.6 Å². The maximum Gasteiger partial charge on any atom is 0.221 e. The van der Waals surface area contributed by atoms with E-state index in [0.717, 1.165) is 17.0 Å². The number of hydrogen-bond acceptors (Lipinski definition) is 8. The van der Waals surface area contributed by atoms with Crippen molar-refractivity contribution in [2.45, 2.75) is 44.7 Å². The van der Waals surface area contributed by atoms with E-state index in [1.165, 1.54) is 29.6 Å². The molecule has 0 fully saturated rings. The summed E-state index contributed by atoms with van der Waals surface area (Å²) in [4.78, 5) is 25.0. The monoisotopic (exact) mass is 435 g/mol. The lowest BCUT2D eigenvalue weighted by atomic mass is 9.87. The van der Waals surface area contributed by atoms with Crippen molar-refractivity contribution >= 4 is 40.4 Å². The Morgan fingerprint density at radius 2 is 2.07 bits per heavy atom. The number of thioether (sulfide) groups is 2. The Bertz CT molecular complexity index is 917. The molecule has 1 aromatic heterocycles. The molecule has 1 aromatic carbocycles. The second kappa shape index (κ2) is 9.58. The zero-order valence-electron chi connectivity index (χ0n) is 15.7. The molecule has 3 rings (SSSR count). The summed E-state index contributed by atoms with van der Waals surface area (Å²) in [5.74, 6) is 0.916. The number of nitrogen functional groups attached to an aromatic ring is 1. The number of carbonyl (C=O) groups excluding carboxylic acids is 1. The molecule has 0 aliphatic carbocycles. The number of ketones is 1. The molecule has 0 saturated heterocycles. The molecule has 1 aliphatic rings. The van der Waals surface area contributed by atoms with Gasteiger partial charge in [0.05, 0.1) is 11.3 Å². The number of nitrogens with zero attached hydrogens (tertiary/aromatic N) is 3. The minimum atomic E-state index is -0.705. The van der Waals surface area contributed by atoms with Crippen LogP contribution in [0, 0.1) is 12.7 Å². The number of aryl methyl sites for hydroxylation is 1. The first-order valence-corrected chi connectivity index (χ1v) is 10.7. The Morgan fingerprint density at radius 1 is 1.31 bits per heavy atom. The maximum atomic E-state index is 14.5. The fraction of sp³-hybridized carbons (Fsp3) is 0.400. The number of halogens is 1. The quantitative estimate of drug-likeness (QED) is 0.526. The van der Waals surface area contributed by atoms with Gasteiger partial charge in [-0.3, -0.25) is 9.79 Å². The molecule has 2 aromatic rings. The summed E-state index contributed by atoms with van der Waals surface area (Å²) in [6.07, 6.45) is 0.904. The highest BCUT2D eigenvalue weighted by Crippen LogP contribution is 2.36. The van der Waals surface area contributed by atoms with Crippen LogP contribution >= 0.6 is 23.5 Å². The van der Waals surface area contributed by atoms with Gasteiger partial charge in [0.1, 0.15) is 16.6 Å². The molecule has 0 unspecified atom stereocenters. The third kappa shape index (κ3) is 5.93. The number of aliphatic imine (C=N–C) groups is 1. The zero-order valence-corrected chi connectivity index (χ0v) is 17.4. The Labute approximate surface area is 179 Å². The molecule has 2 heterocycles. The summed E-state index contributed by atoms with van der Waals surface area (Å²) in [7, 11) is 0. The van der Waals surface area contributed by atoms with Gasteiger partial charge < -0.3 is 11.5 Å². The van der Waals surface area contributed by atoms with Crippen molar-refractivity contribution in [3.63, 3.8) is 0 Å². The van der Waals surface area contributed by atoms with Gasteiger partial charge in [0.25, 0.3) is 0 Å². The molecular formula is C20H26FN5OS2. The number of Topliss-reactive ketones (excluding diaryl/α,β-unsaturated/α-hetero) is 1. The van der Waals surface area contributed by atoms with E-state index in [-0.39, 0.29) is 37.1 Å². The van der Waals surface area contributed by atoms with Crippen LogP contribution in [0.2, 0.25) is 0 Å². The number of anilines is 1. The maximum absolute atomic E-state index is 14.5. The fourth-order valence-electron chi connectivity index (χ4n) is 3.04. The highest BCUT2D eigenvalue weighted by Gasteiger charge is 2.32. The van der Waals surface area contributed by atoms with E-state index < -0.39 is 5.54 Å². The van der Waals surface area contributed by atoms with E-state index in [1.807, 2.05) is 13.8 Å². The van der Waals surface area contributed by atoms with Crippen LogP contribution in [0.3, 0.4) is 0 Å². The van der Waals surface area contributed by atoms with Crippen molar-refractivity contribution in [3.05, 3.63) is 46.9 Å². The van der Waals surface area contributed by atoms with Gasteiger partial charge in [-0.05, 0) is 38.0 Å². The van der Waals surface area contributed by atoms with Crippen LogP contribution < -0.4 is 11.5 Å². The summed E-state index contributed by atoms with van der Waals surface area (Å²) in [6, 6.07) is 6.56. The summed E-state index contributed by atoms with van der Waals surface area (Å²) in [5, 5.41) is 1.13. The van der Waals surface area contributed by atoms with Gasteiger partial charge in [0.2, 0.25) is 5.95 Å². The van der Waals surface area contributed by atoms with E-state index in [2.05, 4.69) is 15.0 Å². The Kier molecular flexibility index (Phi) is 7.65. The smallest absolute Gasteiger partial charge is 0.221 e. The van der Waals surface area contributed by atoms with Crippen molar-refractivity contribution in [1.29, 1.82) is 0 Å². The van der Waals surface area contributed by atoms with Crippen LogP contribution in [-0.4, -0.2) is 32.4 Å². The number of benzene rings is 1. The molecule has 0 bridgehead atoms. The number of hydrogen-bond donors (Lipinski definition) is 2. The highest BCUT2D eigenvalue weighted by atomic mass is 32.2. The predicted octanol–water partition coefficient (Wildman–Crippen LogP) is 3.71. The van der Waals surface area contributed by atoms with Gasteiger partial charge >= 0.3 is 0 Å². The minimum Gasteiger partial charge on any atom is -0.379 e. The standard InChI is InChI=1S/C19H22FN5OS2.CH4/c1-11-7-16(24-17(21)23-11)28-10-13(26)8-12-3-4-15(20)14(9-12)19(2)5-6-27-18(22)25-19;/h3-4,7,9H,5-6,8,10H2,1-2H3,(H2,22,25)(H2,21,23,24);1H4/t19-;/m0./s1. The summed E-state index contributed by atoms with van der Waals surface area (Å²) < 4.78 is 14.5. The van der Waals surface area contributed by atoms with Crippen LogP contribution in [0.4, 0.5) is 10.3 Å². The average Bonchev–Trinajstić information content (AvgIpc) is 2.60. The first-order chi connectivity index (χ1) is 13.2. The van der Waals surface area contributed by atoms with Crippen molar-refractivity contribution in [3.8, 4) is 0 Å². The van der Waals surface area contributed by atoms with E-state index in [4.69, 9.17) is 11.5 Å². The number of aromatic nitrogens is 2. The Morgan fingerprint density at radius 3 is 2.76 bits per heavy atom. The Hall–Kier alpha value is -2.13. The second-order valence-corrected chi connectivity index (χ2v) is 8.96. The van der Waals surface area contributed by atoms with Gasteiger partial charge in [-0.1, -0.05) is 43.1 Å². The second-order valence-electron chi connectivity index (χ2n) is 6.85. The summed E-state index contributed by atoms with van der Waals surface area (Å²) in [6.45, 7) is 3.70. The summed E-state index contributed by atoms with van der Waals surface area (Å²) in [5.41, 5.74) is 12.8. The molecular weight excluding hydrogens is 409 g/mol. The fourth-order valence-corrected chi connectivity index (χ4v) is 4.84. The topological polar surface area (TPSA) is 107 Å². The number of nitrogens with two attached hydrogens (primary N) is 2. The molecule has 156 valence electrons. The van der Waals surface area contributed by atoms with Gasteiger partial charge in [-0.2, -0.15) is 0 Å². The molecule has 1 aliphatic heterocycles. The van der Waals surface area contributed by atoms with E-state index in [0.29, 0.717) is 22.2 Å². The lowest BCUT2D eigenvalue weighted by Crippen LogP contribution is -2.29. The molecule has 0 spiro atoms. The van der Waals surface area contributed by atoms with E-state index in [1.54, 1.807) is 18.2 Å². The molecule has 29 heavy (non-hydrogen) atoms. The number of amidine groups is 1. The van der Waals surface area contributed by atoms with Crippen molar-refractivity contribution in [2.75, 3.05) is 17.2 Å². The van der Waals surface area contributed by atoms with E-state index in [9.17, 15) is 9.18 Å². The molecule has 1 atom stereocenters. The van der Waals surface area contributed by atoms with Gasteiger partial charge in [0, 0.05) is 23.4 Å². The summed E-state index contributed by atoms with van der Waals surface area (Å²) >= 11 is 2.79. The molecule has 9 heteroatoms. The highest BCUT2D eigenvalue weighted by molar-refractivity contribution is 8.13. The lowest BCUT2D eigenvalue weighted by Gasteiger charge is -2.30. The van der Waals surface area contributed by atoms with Gasteiger partial charge in [0.15, 0.2) is 5.17 Å². The Balaban J connectivity index is 0.00000300. The zero-order chi connectivity index (χ0) is 20.3. The molecule has 0 amide bonds. The van der Waals surface area contributed by atoms with Gasteiger partial charge in [-0.15, -0.1) is 0 Å². The predicted molar refractivity (Wildman–Crippen MR) is 120 cm³/mol. The normalized spacial score (nSPS) is 18.7.